The van der Waals surface area contributed by atoms with Crippen LogP contribution < -0.4 is 5.32 Å². The molecular weight excluding hydrogens is 268 g/mol. The van der Waals surface area contributed by atoms with Crippen molar-refractivity contribution in [1.82, 2.24) is 10.5 Å². The Hall–Kier alpha value is -2.14. The Morgan fingerprint density at radius 3 is 2.62 bits per heavy atom. The molecule has 1 heterocycles. The number of rotatable bonds is 6. The standard InChI is InChI=1S/C16H20N2O3/c1-11-14(12(2)21-18-11)9-16(19)17-10-15(20-3)13-7-5-4-6-8-13/h4-8,15H,9-10H2,1-3H3,(H,17,19)/t15-/m0/s1. The second-order valence-electron chi connectivity index (χ2n) is 4.92. The average Bonchev–Trinajstić information content (AvgIpc) is 2.81. The number of methoxy groups -OCH3 is 1. The fourth-order valence-corrected chi connectivity index (χ4v) is 2.19. The Bertz CT molecular complexity index is 573. The lowest BCUT2D eigenvalue weighted by Crippen LogP contribution is -2.30. The van der Waals surface area contributed by atoms with Gasteiger partial charge in [0.1, 0.15) is 5.76 Å². The number of carbonyl (C=O) groups is 1. The van der Waals surface area contributed by atoms with Gasteiger partial charge in [-0.15, -0.1) is 0 Å². The summed E-state index contributed by atoms with van der Waals surface area (Å²) in [6, 6.07) is 9.82. The van der Waals surface area contributed by atoms with Crippen LogP contribution in [0.25, 0.3) is 0 Å². The Kier molecular flexibility index (Phi) is 5.11. The third-order valence-corrected chi connectivity index (χ3v) is 3.46. The lowest BCUT2D eigenvalue weighted by Gasteiger charge is -2.16. The number of aromatic nitrogens is 1. The van der Waals surface area contributed by atoms with Crippen LogP contribution in [0, 0.1) is 13.8 Å². The van der Waals surface area contributed by atoms with Crippen molar-refractivity contribution in [3.8, 4) is 0 Å². The zero-order chi connectivity index (χ0) is 15.2. The van der Waals surface area contributed by atoms with Gasteiger partial charge in [0.2, 0.25) is 5.91 Å². The average molecular weight is 288 g/mol. The lowest BCUT2D eigenvalue weighted by atomic mass is 10.1. The summed E-state index contributed by atoms with van der Waals surface area (Å²) in [6.07, 6.45) is 0.117. The SMILES string of the molecule is CO[C@@H](CNC(=O)Cc1c(C)noc1C)c1ccccc1. The van der Waals surface area contributed by atoms with Gasteiger partial charge in [-0.05, 0) is 19.4 Å². The quantitative estimate of drug-likeness (QED) is 0.886. The Balaban J connectivity index is 1.91. The Morgan fingerprint density at radius 1 is 1.33 bits per heavy atom. The summed E-state index contributed by atoms with van der Waals surface area (Å²) in [4.78, 5) is 12.0. The van der Waals surface area contributed by atoms with E-state index in [1.165, 1.54) is 0 Å². The molecule has 0 aliphatic rings. The zero-order valence-electron chi connectivity index (χ0n) is 12.6. The van der Waals surface area contributed by atoms with E-state index < -0.39 is 0 Å². The van der Waals surface area contributed by atoms with Gasteiger partial charge in [0.25, 0.3) is 0 Å². The first-order valence-corrected chi connectivity index (χ1v) is 6.88. The number of amides is 1. The minimum Gasteiger partial charge on any atom is -0.375 e. The number of nitrogens with zero attached hydrogens (tertiary/aromatic N) is 1. The van der Waals surface area contributed by atoms with Gasteiger partial charge in [-0.25, -0.2) is 0 Å². The summed E-state index contributed by atoms with van der Waals surface area (Å²) >= 11 is 0. The third kappa shape index (κ3) is 3.92. The largest absolute Gasteiger partial charge is 0.375 e. The van der Waals surface area contributed by atoms with Crippen molar-refractivity contribution in [2.45, 2.75) is 26.4 Å². The van der Waals surface area contributed by atoms with Crippen molar-refractivity contribution >= 4 is 5.91 Å². The number of benzene rings is 1. The summed E-state index contributed by atoms with van der Waals surface area (Å²) in [5, 5.41) is 6.74. The van der Waals surface area contributed by atoms with E-state index in [4.69, 9.17) is 9.26 Å². The predicted molar refractivity (Wildman–Crippen MR) is 78.9 cm³/mol. The van der Waals surface area contributed by atoms with Crippen molar-refractivity contribution in [3.63, 3.8) is 0 Å². The summed E-state index contributed by atoms with van der Waals surface area (Å²) in [5.74, 6) is 0.622. The molecule has 0 spiro atoms. The summed E-state index contributed by atoms with van der Waals surface area (Å²) in [6.45, 7) is 4.08. The van der Waals surface area contributed by atoms with Crippen molar-refractivity contribution in [2.24, 2.45) is 0 Å². The number of nitrogens with one attached hydrogen (secondary N) is 1. The lowest BCUT2D eigenvalue weighted by molar-refractivity contribution is -0.121. The van der Waals surface area contributed by atoms with Crippen LogP contribution in [0.15, 0.2) is 34.9 Å². The molecule has 2 aromatic rings. The molecule has 0 aliphatic carbocycles. The van der Waals surface area contributed by atoms with E-state index >= 15 is 0 Å². The molecular formula is C16H20N2O3. The topological polar surface area (TPSA) is 64.4 Å². The van der Waals surface area contributed by atoms with Crippen molar-refractivity contribution in [1.29, 1.82) is 0 Å². The molecule has 5 nitrogen and oxygen atoms in total. The van der Waals surface area contributed by atoms with Gasteiger partial charge < -0.3 is 14.6 Å². The van der Waals surface area contributed by atoms with Crippen LogP contribution in [0.4, 0.5) is 0 Å². The fraction of sp³-hybridized carbons (Fsp3) is 0.375. The van der Waals surface area contributed by atoms with Crippen LogP contribution in [0.1, 0.15) is 28.7 Å². The van der Waals surface area contributed by atoms with Crippen LogP contribution >= 0.6 is 0 Å². The summed E-state index contributed by atoms with van der Waals surface area (Å²) in [5.41, 5.74) is 2.65. The minimum absolute atomic E-state index is 0.0672. The maximum absolute atomic E-state index is 12.0. The molecule has 1 amide bonds. The van der Waals surface area contributed by atoms with Gasteiger partial charge in [-0.1, -0.05) is 35.5 Å². The molecule has 1 aromatic carbocycles. The van der Waals surface area contributed by atoms with E-state index in [9.17, 15) is 4.79 Å². The van der Waals surface area contributed by atoms with Gasteiger partial charge in [0.15, 0.2) is 0 Å². The molecule has 0 bridgehead atoms. The fourth-order valence-electron chi connectivity index (χ4n) is 2.19. The minimum atomic E-state index is -0.153. The molecule has 5 heteroatoms. The van der Waals surface area contributed by atoms with Crippen LogP contribution in [-0.2, 0) is 16.0 Å². The zero-order valence-corrected chi connectivity index (χ0v) is 12.6. The van der Waals surface area contributed by atoms with E-state index in [0.29, 0.717) is 12.3 Å². The maximum atomic E-state index is 12.0. The number of aryl methyl sites for hydroxylation is 2. The smallest absolute Gasteiger partial charge is 0.224 e. The summed E-state index contributed by atoms with van der Waals surface area (Å²) in [7, 11) is 1.64. The highest BCUT2D eigenvalue weighted by Crippen LogP contribution is 2.16. The molecule has 0 fully saturated rings. The van der Waals surface area contributed by atoms with E-state index in [0.717, 1.165) is 16.8 Å². The molecule has 0 aliphatic heterocycles. The molecule has 112 valence electrons. The highest BCUT2D eigenvalue weighted by molar-refractivity contribution is 5.79. The van der Waals surface area contributed by atoms with Crippen LogP contribution in [0.3, 0.4) is 0 Å². The van der Waals surface area contributed by atoms with Crippen LogP contribution in [-0.4, -0.2) is 24.7 Å². The van der Waals surface area contributed by atoms with Gasteiger partial charge >= 0.3 is 0 Å². The van der Waals surface area contributed by atoms with Crippen molar-refractivity contribution in [2.75, 3.05) is 13.7 Å². The van der Waals surface area contributed by atoms with E-state index in [2.05, 4.69) is 10.5 Å². The van der Waals surface area contributed by atoms with Gasteiger partial charge in [-0.2, -0.15) is 0 Å². The number of hydrogen-bond acceptors (Lipinski definition) is 4. The van der Waals surface area contributed by atoms with Gasteiger partial charge in [-0.3, -0.25) is 4.79 Å². The van der Waals surface area contributed by atoms with Gasteiger partial charge in [0, 0.05) is 19.2 Å². The highest BCUT2D eigenvalue weighted by atomic mass is 16.5. The molecule has 1 atom stereocenters. The van der Waals surface area contributed by atoms with Crippen LogP contribution in [0.5, 0.6) is 0 Å². The highest BCUT2D eigenvalue weighted by Gasteiger charge is 2.15. The molecule has 0 saturated heterocycles. The Labute approximate surface area is 124 Å². The molecule has 21 heavy (non-hydrogen) atoms. The first-order chi connectivity index (χ1) is 10.1. The van der Waals surface area contributed by atoms with E-state index in [1.54, 1.807) is 7.11 Å². The summed E-state index contributed by atoms with van der Waals surface area (Å²) < 4.78 is 10.5. The predicted octanol–water partition coefficient (Wildman–Crippen LogP) is 2.34. The first kappa shape index (κ1) is 15.3. The third-order valence-electron chi connectivity index (χ3n) is 3.46. The monoisotopic (exact) mass is 288 g/mol. The second-order valence-corrected chi connectivity index (χ2v) is 4.92. The van der Waals surface area contributed by atoms with Crippen molar-refractivity contribution in [3.05, 3.63) is 52.9 Å². The second kappa shape index (κ2) is 7.04. The normalized spacial score (nSPS) is 12.1. The van der Waals surface area contributed by atoms with Crippen LogP contribution in [0.2, 0.25) is 0 Å². The maximum Gasteiger partial charge on any atom is 0.224 e. The first-order valence-electron chi connectivity index (χ1n) is 6.88. The molecule has 1 aromatic heterocycles. The van der Waals surface area contributed by atoms with Crippen molar-refractivity contribution < 1.29 is 14.1 Å². The number of hydrogen-bond donors (Lipinski definition) is 1. The molecule has 0 saturated carbocycles. The number of carbonyl (C=O) groups excluding carboxylic acids is 1. The Morgan fingerprint density at radius 2 is 2.05 bits per heavy atom. The molecule has 0 unspecified atom stereocenters. The molecule has 0 radical (unpaired) electrons. The number of ether oxygens (including phenoxy) is 1. The van der Waals surface area contributed by atoms with Gasteiger partial charge in [0.05, 0.1) is 18.2 Å². The van der Waals surface area contributed by atoms with E-state index in [-0.39, 0.29) is 18.4 Å². The molecule has 2 rings (SSSR count). The van der Waals surface area contributed by atoms with E-state index in [1.807, 2.05) is 44.2 Å². The molecule has 1 N–H and O–H groups in total.